The van der Waals surface area contributed by atoms with E-state index in [4.69, 9.17) is 5.26 Å². The minimum Gasteiger partial charge on any atom is -0.505 e. The van der Waals surface area contributed by atoms with Crippen LogP contribution in [-0.4, -0.2) is 5.11 Å². The highest BCUT2D eigenvalue weighted by Crippen LogP contribution is 2.25. The van der Waals surface area contributed by atoms with Gasteiger partial charge in [0.05, 0.1) is 11.6 Å². The third-order valence-corrected chi connectivity index (χ3v) is 2.27. The second kappa shape index (κ2) is 4.03. The summed E-state index contributed by atoms with van der Waals surface area (Å²) in [7, 11) is 0. The van der Waals surface area contributed by atoms with Gasteiger partial charge in [-0.3, -0.25) is 0 Å². The van der Waals surface area contributed by atoms with Gasteiger partial charge in [-0.25, -0.2) is 4.39 Å². The number of hydrogen-bond donors (Lipinski definition) is 1. The fourth-order valence-electron chi connectivity index (χ4n) is 1.46. The third-order valence-electron chi connectivity index (χ3n) is 2.27. The SMILES string of the molecule is N#Cc1cccc(-c2ccc(F)c(O)c2)c1. The van der Waals surface area contributed by atoms with Crippen LogP contribution >= 0.6 is 0 Å². The Bertz CT molecular complexity index is 572. The Morgan fingerprint density at radius 1 is 1.06 bits per heavy atom. The molecule has 2 rings (SSSR count). The van der Waals surface area contributed by atoms with E-state index in [2.05, 4.69) is 0 Å². The van der Waals surface area contributed by atoms with Crippen LogP contribution in [0.5, 0.6) is 5.75 Å². The zero-order valence-electron chi connectivity index (χ0n) is 8.31. The molecule has 0 aliphatic carbocycles. The lowest BCUT2D eigenvalue weighted by molar-refractivity contribution is 0.433. The van der Waals surface area contributed by atoms with Gasteiger partial charge in [-0.2, -0.15) is 5.26 Å². The molecule has 3 heteroatoms. The zero-order valence-corrected chi connectivity index (χ0v) is 8.31. The summed E-state index contributed by atoms with van der Waals surface area (Å²) < 4.78 is 12.9. The summed E-state index contributed by atoms with van der Waals surface area (Å²) in [4.78, 5) is 0. The van der Waals surface area contributed by atoms with E-state index >= 15 is 0 Å². The molecule has 0 heterocycles. The summed E-state index contributed by atoms with van der Waals surface area (Å²) in [6.45, 7) is 0. The molecule has 0 amide bonds. The van der Waals surface area contributed by atoms with E-state index in [1.54, 1.807) is 30.3 Å². The highest BCUT2D eigenvalue weighted by Gasteiger charge is 2.04. The minimum atomic E-state index is -0.653. The standard InChI is InChI=1S/C13H8FNO/c14-12-5-4-11(7-13(12)16)10-3-1-2-9(6-10)8-15/h1-7,16H. The molecule has 0 spiro atoms. The molecule has 0 fully saturated rings. The van der Waals surface area contributed by atoms with Crippen molar-refractivity contribution in [2.45, 2.75) is 0 Å². The van der Waals surface area contributed by atoms with Crippen molar-refractivity contribution >= 4 is 0 Å². The number of hydrogen-bond acceptors (Lipinski definition) is 2. The molecule has 0 saturated heterocycles. The van der Waals surface area contributed by atoms with Gasteiger partial charge in [-0.15, -0.1) is 0 Å². The van der Waals surface area contributed by atoms with E-state index in [0.29, 0.717) is 11.1 Å². The number of benzene rings is 2. The van der Waals surface area contributed by atoms with Gasteiger partial charge >= 0.3 is 0 Å². The summed E-state index contributed by atoms with van der Waals surface area (Å²) in [5, 5.41) is 18.0. The molecule has 0 bridgehead atoms. The fourth-order valence-corrected chi connectivity index (χ4v) is 1.46. The Labute approximate surface area is 92.2 Å². The van der Waals surface area contributed by atoms with Crippen molar-refractivity contribution in [3.8, 4) is 22.9 Å². The predicted octanol–water partition coefficient (Wildman–Crippen LogP) is 3.07. The maximum absolute atomic E-state index is 12.9. The molecule has 2 nitrogen and oxygen atoms in total. The number of phenols is 1. The van der Waals surface area contributed by atoms with Crippen LogP contribution < -0.4 is 0 Å². The van der Waals surface area contributed by atoms with Gasteiger partial charge in [0.2, 0.25) is 0 Å². The summed E-state index contributed by atoms with van der Waals surface area (Å²) >= 11 is 0. The van der Waals surface area contributed by atoms with Crippen molar-refractivity contribution in [2.24, 2.45) is 0 Å². The Morgan fingerprint density at radius 3 is 2.50 bits per heavy atom. The van der Waals surface area contributed by atoms with E-state index in [9.17, 15) is 9.50 Å². The number of phenolic OH excluding ortho intramolecular Hbond substituents is 1. The fraction of sp³-hybridized carbons (Fsp3) is 0. The highest BCUT2D eigenvalue weighted by molar-refractivity contribution is 5.66. The Morgan fingerprint density at radius 2 is 1.81 bits per heavy atom. The average molecular weight is 213 g/mol. The number of nitriles is 1. The summed E-state index contributed by atoms with van der Waals surface area (Å²) in [6.07, 6.45) is 0. The molecular weight excluding hydrogens is 205 g/mol. The molecule has 0 aromatic heterocycles. The van der Waals surface area contributed by atoms with Crippen molar-refractivity contribution in [3.05, 3.63) is 53.8 Å². The lowest BCUT2D eigenvalue weighted by Crippen LogP contribution is -1.82. The van der Waals surface area contributed by atoms with E-state index in [1.807, 2.05) is 6.07 Å². The molecule has 0 radical (unpaired) electrons. The van der Waals surface area contributed by atoms with Gasteiger partial charge in [-0.05, 0) is 35.4 Å². The number of halogens is 1. The molecule has 16 heavy (non-hydrogen) atoms. The Balaban J connectivity index is 2.51. The lowest BCUT2D eigenvalue weighted by Gasteiger charge is -2.03. The van der Waals surface area contributed by atoms with Crippen LogP contribution in [0.1, 0.15) is 5.56 Å². The topological polar surface area (TPSA) is 44.0 Å². The Kier molecular flexibility index (Phi) is 2.57. The number of rotatable bonds is 1. The second-order valence-electron chi connectivity index (χ2n) is 3.36. The van der Waals surface area contributed by atoms with Crippen molar-refractivity contribution in [1.82, 2.24) is 0 Å². The maximum Gasteiger partial charge on any atom is 0.164 e. The monoisotopic (exact) mass is 213 g/mol. The number of nitrogens with zero attached hydrogens (tertiary/aromatic N) is 1. The molecule has 78 valence electrons. The first-order valence-corrected chi connectivity index (χ1v) is 4.70. The average Bonchev–Trinajstić information content (AvgIpc) is 2.33. The van der Waals surface area contributed by atoms with Gasteiger partial charge in [0.1, 0.15) is 0 Å². The van der Waals surface area contributed by atoms with Gasteiger partial charge in [0.15, 0.2) is 11.6 Å². The lowest BCUT2D eigenvalue weighted by atomic mass is 10.0. The van der Waals surface area contributed by atoms with Crippen LogP contribution in [0.2, 0.25) is 0 Å². The molecule has 1 N–H and O–H groups in total. The first-order chi connectivity index (χ1) is 7.70. The van der Waals surface area contributed by atoms with Gasteiger partial charge in [0, 0.05) is 0 Å². The summed E-state index contributed by atoms with van der Waals surface area (Å²) in [5.74, 6) is -1.04. The molecule has 2 aromatic rings. The van der Waals surface area contributed by atoms with Crippen LogP contribution in [0.25, 0.3) is 11.1 Å². The van der Waals surface area contributed by atoms with Crippen molar-refractivity contribution in [1.29, 1.82) is 5.26 Å². The molecule has 2 aromatic carbocycles. The molecular formula is C13H8FNO. The normalized spacial score (nSPS) is 9.75. The van der Waals surface area contributed by atoms with Crippen molar-refractivity contribution in [3.63, 3.8) is 0 Å². The summed E-state index contributed by atoms with van der Waals surface area (Å²) in [6, 6.07) is 13.0. The molecule has 0 aliphatic heterocycles. The second-order valence-corrected chi connectivity index (χ2v) is 3.36. The van der Waals surface area contributed by atoms with Crippen LogP contribution in [-0.2, 0) is 0 Å². The van der Waals surface area contributed by atoms with Gasteiger partial charge < -0.3 is 5.11 Å². The van der Waals surface area contributed by atoms with Crippen molar-refractivity contribution < 1.29 is 9.50 Å². The van der Waals surface area contributed by atoms with Crippen LogP contribution in [0.3, 0.4) is 0 Å². The first-order valence-electron chi connectivity index (χ1n) is 4.70. The quantitative estimate of drug-likeness (QED) is 0.791. The zero-order chi connectivity index (χ0) is 11.5. The van der Waals surface area contributed by atoms with E-state index in [0.717, 1.165) is 5.56 Å². The van der Waals surface area contributed by atoms with E-state index in [1.165, 1.54) is 12.1 Å². The highest BCUT2D eigenvalue weighted by atomic mass is 19.1. The van der Waals surface area contributed by atoms with E-state index in [-0.39, 0.29) is 5.75 Å². The Hall–Kier alpha value is -2.34. The van der Waals surface area contributed by atoms with Crippen LogP contribution in [0, 0.1) is 17.1 Å². The molecule has 0 unspecified atom stereocenters. The molecule has 0 aliphatic rings. The van der Waals surface area contributed by atoms with Gasteiger partial charge in [0.25, 0.3) is 0 Å². The number of aromatic hydroxyl groups is 1. The largest absolute Gasteiger partial charge is 0.505 e. The third kappa shape index (κ3) is 1.86. The molecule has 0 saturated carbocycles. The minimum absolute atomic E-state index is 0.389. The first kappa shape index (κ1) is 10.2. The maximum atomic E-state index is 12.9. The van der Waals surface area contributed by atoms with Crippen LogP contribution in [0.4, 0.5) is 4.39 Å². The summed E-state index contributed by atoms with van der Waals surface area (Å²) in [5.41, 5.74) is 1.98. The predicted molar refractivity (Wildman–Crippen MR) is 58.2 cm³/mol. The van der Waals surface area contributed by atoms with Crippen molar-refractivity contribution in [2.75, 3.05) is 0 Å². The smallest absolute Gasteiger partial charge is 0.164 e. The molecule has 0 atom stereocenters. The van der Waals surface area contributed by atoms with Crippen LogP contribution in [0.15, 0.2) is 42.5 Å². The van der Waals surface area contributed by atoms with E-state index < -0.39 is 5.82 Å². The van der Waals surface area contributed by atoms with Gasteiger partial charge in [-0.1, -0.05) is 18.2 Å².